The van der Waals surface area contributed by atoms with Gasteiger partial charge in [0.25, 0.3) is 0 Å². The maximum atomic E-state index is 9.56. The number of hydrogen-bond donors (Lipinski definition) is 1. The molecule has 0 aliphatic carbocycles. The summed E-state index contributed by atoms with van der Waals surface area (Å²) in [5.74, 6) is 1.01. The Balaban J connectivity index is 1.62. The molecule has 18 heavy (non-hydrogen) atoms. The van der Waals surface area contributed by atoms with E-state index in [1.54, 1.807) is 11.3 Å². The molecule has 2 atom stereocenters. The van der Waals surface area contributed by atoms with Crippen molar-refractivity contribution in [1.82, 2.24) is 9.88 Å². The number of hydrogen-bond acceptors (Lipinski definition) is 5. The van der Waals surface area contributed by atoms with Crippen LogP contribution in [0.25, 0.3) is 0 Å². The second-order valence-electron chi connectivity index (χ2n) is 5.43. The van der Waals surface area contributed by atoms with Crippen molar-refractivity contribution >= 4 is 16.5 Å². The van der Waals surface area contributed by atoms with E-state index >= 15 is 0 Å². The van der Waals surface area contributed by atoms with E-state index in [-0.39, 0.29) is 0 Å². The number of rotatable bonds is 4. The Hall–Kier alpha value is -0.650. The molecule has 0 amide bonds. The first kappa shape index (κ1) is 12.4. The summed E-state index contributed by atoms with van der Waals surface area (Å²) < 4.78 is 0. The van der Waals surface area contributed by atoms with Crippen LogP contribution in [0.15, 0.2) is 11.6 Å². The van der Waals surface area contributed by atoms with Gasteiger partial charge in [0.05, 0.1) is 0 Å². The van der Waals surface area contributed by atoms with Gasteiger partial charge in [0.1, 0.15) is 0 Å². The molecule has 1 aromatic rings. The Morgan fingerprint density at radius 3 is 2.72 bits per heavy atom. The molecule has 0 radical (unpaired) electrons. The first-order chi connectivity index (χ1) is 8.86. The SMILES string of the molecule is OC[C@@H]1CN(c2nccs2)C[C@@H]1CN1CCCC1. The van der Waals surface area contributed by atoms with Crippen molar-refractivity contribution in [3.8, 4) is 0 Å². The monoisotopic (exact) mass is 267 g/mol. The third kappa shape index (κ3) is 2.53. The van der Waals surface area contributed by atoms with Crippen LogP contribution in [-0.4, -0.2) is 54.3 Å². The molecule has 3 heterocycles. The van der Waals surface area contributed by atoms with Crippen LogP contribution in [0.4, 0.5) is 5.13 Å². The van der Waals surface area contributed by atoms with Gasteiger partial charge in [-0.15, -0.1) is 11.3 Å². The Labute approximate surface area is 112 Å². The molecule has 5 heteroatoms. The van der Waals surface area contributed by atoms with Gasteiger partial charge in [-0.3, -0.25) is 0 Å². The van der Waals surface area contributed by atoms with Gasteiger partial charge >= 0.3 is 0 Å². The van der Waals surface area contributed by atoms with E-state index in [0.717, 1.165) is 24.8 Å². The van der Waals surface area contributed by atoms with Gasteiger partial charge < -0.3 is 14.9 Å². The molecule has 2 saturated heterocycles. The minimum atomic E-state index is 0.306. The normalized spacial score (nSPS) is 29.3. The van der Waals surface area contributed by atoms with Gasteiger partial charge in [-0.25, -0.2) is 4.98 Å². The summed E-state index contributed by atoms with van der Waals surface area (Å²) in [5.41, 5.74) is 0. The van der Waals surface area contributed by atoms with Crippen molar-refractivity contribution in [2.75, 3.05) is 44.2 Å². The first-order valence-corrected chi connectivity index (χ1v) is 7.72. The number of aliphatic hydroxyl groups is 1. The van der Waals surface area contributed by atoms with Crippen molar-refractivity contribution < 1.29 is 5.11 Å². The molecule has 4 nitrogen and oxygen atoms in total. The van der Waals surface area contributed by atoms with Crippen molar-refractivity contribution in [3.63, 3.8) is 0 Å². The highest BCUT2D eigenvalue weighted by molar-refractivity contribution is 7.13. The van der Waals surface area contributed by atoms with Crippen molar-refractivity contribution in [1.29, 1.82) is 0 Å². The zero-order chi connectivity index (χ0) is 12.4. The highest BCUT2D eigenvalue weighted by atomic mass is 32.1. The molecule has 1 aromatic heterocycles. The zero-order valence-corrected chi connectivity index (χ0v) is 11.5. The zero-order valence-electron chi connectivity index (χ0n) is 10.7. The summed E-state index contributed by atoms with van der Waals surface area (Å²) in [5, 5.41) is 12.7. The number of anilines is 1. The lowest BCUT2D eigenvalue weighted by Gasteiger charge is -2.22. The van der Waals surface area contributed by atoms with Gasteiger partial charge in [-0.2, -0.15) is 0 Å². The van der Waals surface area contributed by atoms with E-state index < -0.39 is 0 Å². The Kier molecular flexibility index (Phi) is 3.82. The fraction of sp³-hybridized carbons (Fsp3) is 0.769. The average Bonchev–Trinajstić information content (AvgIpc) is 3.10. The number of aliphatic hydroxyl groups excluding tert-OH is 1. The maximum Gasteiger partial charge on any atom is 0.185 e. The maximum absolute atomic E-state index is 9.56. The van der Waals surface area contributed by atoms with E-state index in [9.17, 15) is 5.11 Å². The molecule has 1 N–H and O–H groups in total. The average molecular weight is 267 g/mol. The summed E-state index contributed by atoms with van der Waals surface area (Å²) in [6, 6.07) is 0. The van der Waals surface area contributed by atoms with Gasteiger partial charge in [0.2, 0.25) is 0 Å². The third-order valence-corrected chi connectivity index (χ3v) is 5.02. The molecule has 0 aromatic carbocycles. The van der Waals surface area contributed by atoms with E-state index in [1.165, 1.54) is 25.9 Å². The molecule has 0 unspecified atom stereocenters. The quantitative estimate of drug-likeness (QED) is 0.892. The van der Waals surface area contributed by atoms with Crippen molar-refractivity contribution in [3.05, 3.63) is 11.6 Å². The van der Waals surface area contributed by atoms with E-state index in [2.05, 4.69) is 14.8 Å². The Bertz CT molecular complexity index is 364. The molecule has 0 spiro atoms. The third-order valence-electron chi connectivity index (χ3n) is 4.19. The summed E-state index contributed by atoms with van der Waals surface area (Å²) in [6.45, 7) is 5.95. The molecule has 2 aliphatic rings. The van der Waals surface area contributed by atoms with Crippen LogP contribution in [0.2, 0.25) is 0 Å². The smallest absolute Gasteiger partial charge is 0.185 e. The second kappa shape index (κ2) is 5.55. The number of thiazole rings is 1. The standard InChI is InChI=1S/C13H21N3OS/c17-10-12-9-16(13-14-3-6-18-13)8-11(12)7-15-4-1-2-5-15/h3,6,11-12,17H,1-2,4-5,7-10H2/t11-,12-/m0/s1. The lowest BCUT2D eigenvalue weighted by molar-refractivity contribution is 0.176. The predicted molar refractivity (Wildman–Crippen MR) is 74.1 cm³/mol. The van der Waals surface area contributed by atoms with Crippen molar-refractivity contribution in [2.24, 2.45) is 11.8 Å². The van der Waals surface area contributed by atoms with Crippen molar-refractivity contribution in [2.45, 2.75) is 12.8 Å². The Morgan fingerprint density at radius 1 is 1.28 bits per heavy atom. The van der Waals surface area contributed by atoms with Crippen LogP contribution in [0.5, 0.6) is 0 Å². The minimum Gasteiger partial charge on any atom is -0.396 e. The van der Waals surface area contributed by atoms with Crippen LogP contribution in [0.1, 0.15) is 12.8 Å². The summed E-state index contributed by atoms with van der Waals surface area (Å²) in [6.07, 6.45) is 4.54. The Morgan fingerprint density at radius 2 is 2.06 bits per heavy atom. The lowest BCUT2D eigenvalue weighted by atomic mass is 9.96. The molecule has 2 aliphatic heterocycles. The van der Waals surface area contributed by atoms with E-state index in [0.29, 0.717) is 18.4 Å². The molecular formula is C13H21N3OS. The molecule has 0 saturated carbocycles. The lowest BCUT2D eigenvalue weighted by Crippen LogP contribution is -2.31. The van der Waals surface area contributed by atoms with E-state index in [1.807, 2.05) is 11.6 Å². The number of likely N-dealkylation sites (tertiary alicyclic amines) is 1. The minimum absolute atomic E-state index is 0.306. The predicted octanol–water partition coefficient (Wildman–Crippen LogP) is 1.28. The molecule has 3 rings (SSSR count). The van der Waals surface area contributed by atoms with Crippen LogP contribution in [0.3, 0.4) is 0 Å². The highest BCUT2D eigenvalue weighted by Gasteiger charge is 2.34. The van der Waals surface area contributed by atoms with Gasteiger partial charge in [0.15, 0.2) is 5.13 Å². The summed E-state index contributed by atoms with van der Waals surface area (Å²) >= 11 is 1.70. The molecule has 2 fully saturated rings. The molecule has 100 valence electrons. The molecule has 0 bridgehead atoms. The number of nitrogens with zero attached hydrogens (tertiary/aromatic N) is 3. The number of aromatic nitrogens is 1. The summed E-state index contributed by atoms with van der Waals surface area (Å²) in [4.78, 5) is 9.28. The topological polar surface area (TPSA) is 39.6 Å². The fourth-order valence-electron chi connectivity index (χ4n) is 3.18. The van der Waals surface area contributed by atoms with Crippen LogP contribution < -0.4 is 4.90 Å². The summed E-state index contributed by atoms with van der Waals surface area (Å²) in [7, 11) is 0. The largest absolute Gasteiger partial charge is 0.396 e. The first-order valence-electron chi connectivity index (χ1n) is 6.84. The second-order valence-corrected chi connectivity index (χ2v) is 6.30. The van der Waals surface area contributed by atoms with Crippen LogP contribution in [-0.2, 0) is 0 Å². The van der Waals surface area contributed by atoms with Gasteiger partial charge in [0, 0.05) is 43.7 Å². The van der Waals surface area contributed by atoms with Gasteiger partial charge in [-0.05, 0) is 31.8 Å². The van der Waals surface area contributed by atoms with E-state index in [4.69, 9.17) is 0 Å². The van der Waals surface area contributed by atoms with Crippen LogP contribution in [0, 0.1) is 11.8 Å². The van der Waals surface area contributed by atoms with Gasteiger partial charge in [-0.1, -0.05) is 0 Å². The fourth-order valence-corrected chi connectivity index (χ4v) is 3.84. The van der Waals surface area contributed by atoms with Crippen LogP contribution >= 0.6 is 11.3 Å². The molecular weight excluding hydrogens is 246 g/mol. The highest BCUT2D eigenvalue weighted by Crippen LogP contribution is 2.30.